The molecule has 0 saturated heterocycles. The first kappa shape index (κ1) is 15.2. The molecule has 4 heteroatoms. The van der Waals surface area contributed by atoms with Crippen molar-refractivity contribution in [2.45, 2.75) is 40.0 Å². The Balaban J connectivity index is 3.34. The van der Waals surface area contributed by atoms with Gasteiger partial charge < -0.3 is 10.2 Å². The fourth-order valence-electron chi connectivity index (χ4n) is 2.06. The molecule has 0 aliphatic heterocycles. The fraction of sp³-hybridized carbons (Fsp3) is 0.467. The average Bonchev–Trinajstić information content (AvgIpc) is 2.41. The van der Waals surface area contributed by atoms with Gasteiger partial charge >= 0.3 is 0 Å². The Bertz CT molecular complexity index is 505. The number of phenols is 2. The van der Waals surface area contributed by atoms with E-state index in [-0.39, 0.29) is 34.3 Å². The van der Waals surface area contributed by atoms with Crippen molar-refractivity contribution in [2.24, 2.45) is 5.92 Å². The van der Waals surface area contributed by atoms with Crippen LogP contribution in [0.1, 0.15) is 54.6 Å². The molecule has 0 heterocycles. The van der Waals surface area contributed by atoms with Crippen LogP contribution in [0.25, 0.3) is 0 Å². The van der Waals surface area contributed by atoms with E-state index in [1.54, 1.807) is 6.92 Å². The predicted octanol–water partition coefficient (Wildman–Crippen LogP) is 2.94. The maximum atomic E-state index is 12.2. The maximum Gasteiger partial charge on any atom is 0.154 e. The minimum Gasteiger partial charge on any atom is -0.508 e. The van der Waals surface area contributed by atoms with Gasteiger partial charge in [-0.05, 0) is 25.0 Å². The summed E-state index contributed by atoms with van der Waals surface area (Å²) >= 11 is 0. The van der Waals surface area contributed by atoms with E-state index in [1.165, 1.54) is 13.0 Å². The molecular formula is C15H20O4. The molecule has 1 aromatic carbocycles. The highest BCUT2D eigenvalue weighted by molar-refractivity contribution is 5.92. The van der Waals surface area contributed by atoms with E-state index in [1.807, 2.05) is 13.8 Å². The van der Waals surface area contributed by atoms with Crippen LogP contribution in [-0.4, -0.2) is 22.3 Å². The predicted molar refractivity (Wildman–Crippen MR) is 72.8 cm³/mol. The fourth-order valence-corrected chi connectivity index (χ4v) is 2.06. The zero-order chi connectivity index (χ0) is 14.7. The van der Waals surface area contributed by atoms with Crippen LogP contribution in [0.2, 0.25) is 0 Å². The first-order chi connectivity index (χ1) is 8.84. The molecular weight excluding hydrogens is 244 g/mol. The number of aromatic hydroxyl groups is 2. The quantitative estimate of drug-likeness (QED) is 0.802. The molecule has 2 N–H and O–H groups in total. The maximum absolute atomic E-state index is 12.2. The van der Waals surface area contributed by atoms with Crippen LogP contribution in [0, 0.1) is 12.8 Å². The number of benzene rings is 1. The summed E-state index contributed by atoms with van der Waals surface area (Å²) in [6.07, 6.45) is 1.24. The van der Waals surface area contributed by atoms with Gasteiger partial charge in [0.1, 0.15) is 17.3 Å². The highest BCUT2D eigenvalue weighted by Gasteiger charge is 2.25. The monoisotopic (exact) mass is 264 g/mol. The van der Waals surface area contributed by atoms with E-state index >= 15 is 0 Å². The van der Waals surface area contributed by atoms with E-state index in [0.29, 0.717) is 18.3 Å². The second-order valence-corrected chi connectivity index (χ2v) is 4.92. The molecule has 0 saturated carbocycles. The minimum absolute atomic E-state index is 0.00625. The summed E-state index contributed by atoms with van der Waals surface area (Å²) < 4.78 is 0. The number of ketones is 1. The van der Waals surface area contributed by atoms with Crippen molar-refractivity contribution >= 4 is 12.1 Å². The highest BCUT2D eigenvalue weighted by Crippen LogP contribution is 2.36. The molecule has 0 spiro atoms. The SMILES string of the molecule is CC[C@@H](C)C(=O)[C@@H](C)c1cc(O)c(C)c(O)c1C=O. The molecule has 19 heavy (non-hydrogen) atoms. The molecule has 0 bridgehead atoms. The molecule has 0 aliphatic rings. The Labute approximate surface area is 113 Å². The summed E-state index contributed by atoms with van der Waals surface area (Å²) in [6.45, 7) is 6.95. The number of hydrogen-bond donors (Lipinski definition) is 2. The summed E-state index contributed by atoms with van der Waals surface area (Å²) in [5, 5.41) is 19.6. The van der Waals surface area contributed by atoms with Gasteiger partial charge in [0.05, 0.1) is 5.56 Å². The molecule has 0 aliphatic carbocycles. The summed E-state index contributed by atoms with van der Waals surface area (Å²) in [5.41, 5.74) is 0.703. The lowest BCUT2D eigenvalue weighted by Gasteiger charge is -2.18. The smallest absolute Gasteiger partial charge is 0.154 e. The topological polar surface area (TPSA) is 74.6 Å². The Hall–Kier alpha value is -1.84. The van der Waals surface area contributed by atoms with Gasteiger partial charge in [-0.3, -0.25) is 9.59 Å². The second-order valence-electron chi connectivity index (χ2n) is 4.92. The van der Waals surface area contributed by atoms with Crippen LogP contribution in [0.15, 0.2) is 6.07 Å². The van der Waals surface area contributed by atoms with Gasteiger partial charge in [-0.1, -0.05) is 20.8 Å². The van der Waals surface area contributed by atoms with Gasteiger partial charge in [0.15, 0.2) is 6.29 Å². The van der Waals surface area contributed by atoms with Crippen LogP contribution < -0.4 is 0 Å². The lowest BCUT2D eigenvalue weighted by Crippen LogP contribution is -2.18. The van der Waals surface area contributed by atoms with Crippen molar-refractivity contribution in [1.29, 1.82) is 0 Å². The lowest BCUT2D eigenvalue weighted by atomic mass is 9.85. The first-order valence-electron chi connectivity index (χ1n) is 6.39. The van der Waals surface area contributed by atoms with Crippen LogP contribution >= 0.6 is 0 Å². The molecule has 0 unspecified atom stereocenters. The molecule has 4 nitrogen and oxygen atoms in total. The molecule has 0 fully saturated rings. The van der Waals surface area contributed by atoms with Crippen LogP contribution in [-0.2, 0) is 4.79 Å². The Morgan fingerprint density at radius 2 is 1.95 bits per heavy atom. The summed E-state index contributed by atoms with van der Waals surface area (Å²) in [5.74, 6) is -1.03. The summed E-state index contributed by atoms with van der Waals surface area (Å²) in [6, 6.07) is 1.39. The second kappa shape index (κ2) is 5.87. The minimum atomic E-state index is -0.535. The molecule has 2 atom stereocenters. The van der Waals surface area contributed by atoms with E-state index in [2.05, 4.69) is 0 Å². The Morgan fingerprint density at radius 1 is 1.37 bits per heavy atom. The Kier molecular flexibility index (Phi) is 4.70. The summed E-state index contributed by atoms with van der Waals surface area (Å²) in [7, 11) is 0. The molecule has 1 rings (SSSR count). The molecule has 1 aromatic rings. The van der Waals surface area contributed by atoms with Gasteiger partial charge in [0.2, 0.25) is 0 Å². The standard InChI is InChI=1S/C15H20O4/c1-5-8(2)14(18)9(3)11-6-13(17)10(4)15(19)12(11)7-16/h6-9,17,19H,5H2,1-4H3/t8-,9+/m1/s1. The number of phenolic OH excluding ortho intramolecular Hbond substituents is 2. The van der Waals surface area contributed by atoms with Crippen molar-refractivity contribution in [3.05, 3.63) is 22.8 Å². The Morgan fingerprint density at radius 3 is 2.42 bits per heavy atom. The van der Waals surface area contributed by atoms with Crippen molar-refractivity contribution in [3.8, 4) is 11.5 Å². The largest absolute Gasteiger partial charge is 0.508 e. The molecule has 104 valence electrons. The first-order valence-corrected chi connectivity index (χ1v) is 6.39. The van der Waals surface area contributed by atoms with E-state index in [4.69, 9.17) is 0 Å². The normalized spacial score (nSPS) is 13.9. The van der Waals surface area contributed by atoms with Crippen molar-refractivity contribution in [1.82, 2.24) is 0 Å². The van der Waals surface area contributed by atoms with E-state index in [9.17, 15) is 19.8 Å². The van der Waals surface area contributed by atoms with Gasteiger partial charge in [0, 0.05) is 17.4 Å². The van der Waals surface area contributed by atoms with Crippen LogP contribution in [0.5, 0.6) is 11.5 Å². The van der Waals surface area contributed by atoms with Crippen LogP contribution in [0.3, 0.4) is 0 Å². The van der Waals surface area contributed by atoms with Crippen molar-refractivity contribution in [2.75, 3.05) is 0 Å². The number of Topliss-reactive ketones (excluding diaryl/α,β-unsaturated/α-hetero) is 1. The molecule has 0 amide bonds. The number of carbonyl (C=O) groups is 2. The number of aldehydes is 1. The third kappa shape index (κ3) is 2.78. The molecule has 0 radical (unpaired) electrons. The zero-order valence-electron chi connectivity index (χ0n) is 11.7. The van der Waals surface area contributed by atoms with Crippen LogP contribution in [0.4, 0.5) is 0 Å². The van der Waals surface area contributed by atoms with Crippen molar-refractivity contribution in [3.63, 3.8) is 0 Å². The highest BCUT2D eigenvalue weighted by atomic mass is 16.3. The lowest BCUT2D eigenvalue weighted by molar-refractivity contribution is -0.123. The van der Waals surface area contributed by atoms with Crippen molar-refractivity contribution < 1.29 is 19.8 Å². The third-order valence-electron chi connectivity index (χ3n) is 3.71. The van der Waals surface area contributed by atoms with Gasteiger partial charge in [0.25, 0.3) is 0 Å². The van der Waals surface area contributed by atoms with E-state index in [0.717, 1.165) is 0 Å². The number of rotatable bonds is 5. The third-order valence-corrected chi connectivity index (χ3v) is 3.71. The number of hydrogen-bond acceptors (Lipinski definition) is 4. The average molecular weight is 264 g/mol. The van der Waals surface area contributed by atoms with E-state index < -0.39 is 5.92 Å². The zero-order valence-corrected chi connectivity index (χ0v) is 11.7. The van der Waals surface area contributed by atoms with Gasteiger partial charge in [-0.25, -0.2) is 0 Å². The van der Waals surface area contributed by atoms with Gasteiger partial charge in [-0.2, -0.15) is 0 Å². The van der Waals surface area contributed by atoms with Gasteiger partial charge in [-0.15, -0.1) is 0 Å². The molecule has 0 aromatic heterocycles. The number of carbonyl (C=O) groups excluding carboxylic acids is 2. The summed E-state index contributed by atoms with van der Waals surface area (Å²) in [4.78, 5) is 23.3.